The van der Waals surface area contributed by atoms with Gasteiger partial charge in [-0.25, -0.2) is 8.42 Å². The Morgan fingerprint density at radius 2 is 1.78 bits per heavy atom. The number of carbonyl (C=O) groups is 1. The van der Waals surface area contributed by atoms with Crippen LogP contribution in [0.15, 0.2) is 29.2 Å². The van der Waals surface area contributed by atoms with Crippen LogP contribution in [-0.2, 0) is 19.6 Å². The van der Waals surface area contributed by atoms with Crippen molar-refractivity contribution < 1.29 is 17.9 Å². The molecule has 23 heavy (non-hydrogen) atoms. The Bertz CT molecular complexity index is 663. The van der Waals surface area contributed by atoms with E-state index in [1.165, 1.54) is 4.31 Å². The summed E-state index contributed by atoms with van der Waals surface area (Å²) in [5, 5.41) is 0. The van der Waals surface area contributed by atoms with Crippen LogP contribution in [0.1, 0.15) is 12.8 Å². The molecule has 2 aliphatic heterocycles. The van der Waals surface area contributed by atoms with Crippen molar-refractivity contribution in [1.29, 1.82) is 0 Å². The van der Waals surface area contributed by atoms with Crippen LogP contribution >= 0.6 is 22.6 Å². The second-order valence-electron chi connectivity index (χ2n) is 5.68. The molecule has 1 unspecified atom stereocenters. The molecule has 0 aromatic heterocycles. The van der Waals surface area contributed by atoms with Crippen LogP contribution in [0.25, 0.3) is 0 Å². The smallest absolute Gasteiger partial charge is 0.251 e. The molecule has 0 radical (unpaired) electrons. The zero-order valence-electron chi connectivity index (χ0n) is 12.7. The normalized spacial score (nSPS) is 23.2. The van der Waals surface area contributed by atoms with Crippen LogP contribution in [-0.4, -0.2) is 62.4 Å². The van der Waals surface area contributed by atoms with Gasteiger partial charge in [0.15, 0.2) is 0 Å². The van der Waals surface area contributed by atoms with Crippen molar-refractivity contribution in [2.24, 2.45) is 0 Å². The van der Waals surface area contributed by atoms with E-state index in [1.54, 1.807) is 29.2 Å². The van der Waals surface area contributed by atoms with Crippen molar-refractivity contribution in [2.45, 2.75) is 23.8 Å². The molecule has 2 heterocycles. The predicted molar refractivity (Wildman–Crippen MR) is 93.5 cm³/mol. The van der Waals surface area contributed by atoms with Gasteiger partial charge in [-0.05, 0) is 59.7 Å². The molecule has 6 nitrogen and oxygen atoms in total. The third-order valence-corrected chi connectivity index (χ3v) is 6.84. The van der Waals surface area contributed by atoms with Crippen molar-refractivity contribution in [3.63, 3.8) is 0 Å². The van der Waals surface area contributed by atoms with Crippen LogP contribution in [0, 0.1) is 3.57 Å². The number of rotatable bonds is 3. The molecule has 1 aromatic carbocycles. The number of carbonyl (C=O) groups excluding carboxylic acids is 1. The van der Waals surface area contributed by atoms with Gasteiger partial charge in [-0.1, -0.05) is 0 Å². The highest BCUT2D eigenvalue weighted by Crippen LogP contribution is 2.20. The number of amides is 1. The van der Waals surface area contributed by atoms with Crippen molar-refractivity contribution in [3.8, 4) is 0 Å². The fraction of sp³-hybridized carbons (Fsp3) is 0.533. The molecule has 2 saturated heterocycles. The molecule has 0 N–H and O–H groups in total. The Morgan fingerprint density at radius 3 is 2.35 bits per heavy atom. The van der Waals surface area contributed by atoms with E-state index in [1.807, 2.05) is 0 Å². The maximum absolute atomic E-state index is 12.6. The molecule has 3 rings (SSSR count). The van der Waals surface area contributed by atoms with Gasteiger partial charge in [0.2, 0.25) is 10.0 Å². The van der Waals surface area contributed by atoms with E-state index in [0.717, 1.165) is 16.4 Å². The molecular formula is C15H19IN2O4S. The molecule has 0 aliphatic carbocycles. The fourth-order valence-corrected chi connectivity index (χ4v) is 4.66. The number of benzene rings is 1. The highest BCUT2D eigenvalue weighted by atomic mass is 127. The first-order valence-corrected chi connectivity index (χ1v) is 10.2. The fourth-order valence-electron chi connectivity index (χ4n) is 2.88. The molecule has 0 saturated carbocycles. The minimum atomic E-state index is -3.49. The predicted octanol–water partition coefficient (Wildman–Crippen LogP) is 1.30. The lowest BCUT2D eigenvalue weighted by Gasteiger charge is -2.35. The van der Waals surface area contributed by atoms with Gasteiger partial charge in [0.05, 0.1) is 4.90 Å². The third kappa shape index (κ3) is 3.70. The summed E-state index contributed by atoms with van der Waals surface area (Å²) in [5.74, 6) is -0.00573. The number of nitrogens with zero attached hydrogens (tertiary/aromatic N) is 2. The largest absolute Gasteiger partial charge is 0.368 e. The van der Waals surface area contributed by atoms with Gasteiger partial charge < -0.3 is 9.64 Å². The maximum Gasteiger partial charge on any atom is 0.251 e. The number of ether oxygens (including phenoxy) is 1. The summed E-state index contributed by atoms with van der Waals surface area (Å²) in [6.45, 7) is 2.13. The highest BCUT2D eigenvalue weighted by Gasteiger charge is 2.33. The zero-order chi connectivity index (χ0) is 16.4. The Balaban J connectivity index is 1.64. The molecule has 1 atom stereocenters. The highest BCUT2D eigenvalue weighted by molar-refractivity contribution is 14.1. The van der Waals surface area contributed by atoms with Crippen molar-refractivity contribution in [1.82, 2.24) is 9.21 Å². The van der Waals surface area contributed by atoms with Crippen LogP contribution in [0.2, 0.25) is 0 Å². The first-order valence-electron chi connectivity index (χ1n) is 7.64. The zero-order valence-corrected chi connectivity index (χ0v) is 15.6. The Labute approximate surface area is 150 Å². The van der Waals surface area contributed by atoms with Gasteiger partial charge >= 0.3 is 0 Å². The SMILES string of the molecule is O=C(C1CCCO1)N1CCN(S(=O)(=O)c2ccc(I)cc2)CC1. The van der Waals surface area contributed by atoms with Gasteiger partial charge in [-0.15, -0.1) is 0 Å². The first-order chi connectivity index (χ1) is 11.0. The summed E-state index contributed by atoms with van der Waals surface area (Å²) in [7, 11) is -3.49. The summed E-state index contributed by atoms with van der Waals surface area (Å²) >= 11 is 2.14. The Morgan fingerprint density at radius 1 is 1.13 bits per heavy atom. The van der Waals surface area contributed by atoms with E-state index < -0.39 is 10.0 Å². The molecule has 1 amide bonds. The van der Waals surface area contributed by atoms with Crippen LogP contribution in [0.5, 0.6) is 0 Å². The minimum absolute atomic E-state index is 0.00573. The molecule has 8 heteroatoms. The average molecular weight is 450 g/mol. The molecule has 0 spiro atoms. The second kappa shape index (κ2) is 7.04. The van der Waals surface area contributed by atoms with Crippen LogP contribution in [0.3, 0.4) is 0 Å². The molecule has 2 aliphatic rings. The summed E-state index contributed by atoms with van der Waals surface area (Å²) in [5.41, 5.74) is 0. The molecule has 2 fully saturated rings. The van der Waals surface area contributed by atoms with Crippen LogP contribution < -0.4 is 0 Å². The lowest BCUT2D eigenvalue weighted by atomic mass is 10.2. The quantitative estimate of drug-likeness (QED) is 0.652. The van der Waals surface area contributed by atoms with Gasteiger partial charge in [-0.3, -0.25) is 4.79 Å². The summed E-state index contributed by atoms with van der Waals surface area (Å²) in [4.78, 5) is 14.3. The standard InChI is InChI=1S/C15H19IN2O4S/c16-12-3-5-13(6-4-12)23(20,21)18-9-7-17(8-10-18)15(19)14-2-1-11-22-14/h3-6,14H,1-2,7-11H2. The number of sulfonamides is 1. The monoisotopic (exact) mass is 450 g/mol. The number of hydrogen-bond donors (Lipinski definition) is 0. The number of piperazine rings is 1. The molecule has 0 bridgehead atoms. The maximum atomic E-state index is 12.6. The minimum Gasteiger partial charge on any atom is -0.368 e. The Hall–Kier alpha value is -0.710. The lowest BCUT2D eigenvalue weighted by Crippen LogP contribution is -2.52. The molecule has 1 aromatic rings. The van der Waals surface area contributed by atoms with Crippen LogP contribution in [0.4, 0.5) is 0 Å². The molecule has 126 valence electrons. The van der Waals surface area contributed by atoms with E-state index in [4.69, 9.17) is 4.74 Å². The molecular weight excluding hydrogens is 431 g/mol. The average Bonchev–Trinajstić information content (AvgIpc) is 3.09. The summed E-state index contributed by atoms with van der Waals surface area (Å²) in [6, 6.07) is 6.82. The van der Waals surface area contributed by atoms with E-state index in [9.17, 15) is 13.2 Å². The third-order valence-electron chi connectivity index (χ3n) is 4.21. The summed E-state index contributed by atoms with van der Waals surface area (Å²) in [6.07, 6.45) is 1.34. The lowest BCUT2D eigenvalue weighted by molar-refractivity contribution is -0.142. The van der Waals surface area contributed by atoms with Gasteiger partial charge in [0.1, 0.15) is 6.10 Å². The number of hydrogen-bond acceptors (Lipinski definition) is 4. The second-order valence-corrected chi connectivity index (χ2v) is 8.87. The number of halogens is 1. The van der Waals surface area contributed by atoms with Crippen molar-refractivity contribution in [2.75, 3.05) is 32.8 Å². The van der Waals surface area contributed by atoms with E-state index in [2.05, 4.69) is 22.6 Å². The van der Waals surface area contributed by atoms with Crippen molar-refractivity contribution in [3.05, 3.63) is 27.8 Å². The first kappa shape index (κ1) is 17.1. The van der Waals surface area contributed by atoms with Gasteiger partial charge in [0.25, 0.3) is 5.91 Å². The summed E-state index contributed by atoms with van der Waals surface area (Å²) < 4.78 is 33.1. The van der Waals surface area contributed by atoms with Gasteiger partial charge in [-0.2, -0.15) is 4.31 Å². The van der Waals surface area contributed by atoms with E-state index >= 15 is 0 Å². The van der Waals surface area contributed by atoms with E-state index in [0.29, 0.717) is 37.7 Å². The van der Waals surface area contributed by atoms with E-state index in [-0.39, 0.29) is 12.0 Å². The van der Waals surface area contributed by atoms with Crippen molar-refractivity contribution >= 4 is 38.5 Å². The Kier molecular flexibility index (Phi) is 5.24. The topological polar surface area (TPSA) is 66.9 Å². The van der Waals surface area contributed by atoms with Gasteiger partial charge in [0, 0.05) is 36.4 Å².